The second kappa shape index (κ2) is 7.54. The van der Waals surface area contributed by atoms with Crippen molar-refractivity contribution < 1.29 is 13.2 Å². The lowest BCUT2D eigenvalue weighted by atomic mass is 10.3. The summed E-state index contributed by atoms with van der Waals surface area (Å²) in [5.41, 5.74) is 0.943. The van der Waals surface area contributed by atoms with Crippen molar-refractivity contribution in [1.82, 2.24) is 14.6 Å². The summed E-state index contributed by atoms with van der Waals surface area (Å²) in [5, 5.41) is 3.04. The van der Waals surface area contributed by atoms with E-state index in [-0.39, 0.29) is 5.03 Å². The molecule has 1 heterocycles. The average molecular weight is 287 g/mol. The van der Waals surface area contributed by atoms with Crippen LogP contribution >= 0.6 is 0 Å². The van der Waals surface area contributed by atoms with E-state index < -0.39 is 10.0 Å². The second-order valence-corrected chi connectivity index (χ2v) is 6.05. The van der Waals surface area contributed by atoms with Crippen LogP contribution in [0.3, 0.4) is 0 Å². The molecule has 0 aliphatic heterocycles. The maximum atomic E-state index is 12.2. The predicted molar refractivity (Wildman–Crippen MR) is 73.3 cm³/mol. The highest BCUT2D eigenvalue weighted by atomic mass is 32.2. The number of ether oxygens (including phenoxy) is 1. The van der Waals surface area contributed by atoms with Gasteiger partial charge in [-0.25, -0.2) is 13.4 Å². The minimum absolute atomic E-state index is 0.0614. The van der Waals surface area contributed by atoms with Gasteiger partial charge in [-0.2, -0.15) is 4.31 Å². The average Bonchev–Trinajstić information content (AvgIpc) is 2.40. The summed E-state index contributed by atoms with van der Waals surface area (Å²) in [5.74, 6) is 0. The molecule has 1 N–H and O–H groups in total. The lowest BCUT2D eigenvalue weighted by molar-refractivity contribution is 0.138. The number of nitrogens with one attached hydrogen (secondary N) is 1. The van der Waals surface area contributed by atoms with Crippen LogP contribution in [0, 0.1) is 0 Å². The Labute approximate surface area is 114 Å². The largest absolute Gasteiger partial charge is 0.380 e. The SMILES string of the molecule is CCOCCN(C)S(=O)(=O)c1ccc(CNC)cn1. The predicted octanol–water partition coefficient (Wildman–Crippen LogP) is 0.458. The summed E-state index contributed by atoms with van der Waals surface area (Å²) in [6, 6.07) is 3.28. The van der Waals surface area contributed by atoms with E-state index in [1.165, 1.54) is 17.4 Å². The van der Waals surface area contributed by atoms with E-state index in [1.807, 2.05) is 14.0 Å². The van der Waals surface area contributed by atoms with Crippen LogP contribution in [0.15, 0.2) is 23.4 Å². The fourth-order valence-corrected chi connectivity index (χ4v) is 2.55. The van der Waals surface area contributed by atoms with Crippen molar-refractivity contribution >= 4 is 10.0 Å². The van der Waals surface area contributed by atoms with Gasteiger partial charge in [0.15, 0.2) is 5.03 Å². The van der Waals surface area contributed by atoms with E-state index in [0.717, 1.165) is 5.56 Å². The molecule has 0 saturated heterocycles. The molecule has 1 aromatic heterocycles. The number of rotatable bonds is 8. The zero-order chi connectivity index (χ0) is 14.3. The lowest BCUT2D eigenvalue weighted by Gasteiger charge is -2.16. The van der Waals surface area contributed by atoms with Gasteiger partial charge in [0.1, 0.15) is 0 Å². The fourth-order valence-electron chi connectivity index (χ4n) is 1.49. The Morgan fingerprint density at radius 2 is 2.16 bits per heavy atom. The Balaban J connectivity index is 2.75. The van der Waals surface area contributed by atoms with Gasteiger partial charge in [0.2, 0.25) is 0 Å². The summed E-state index contributed by atoms with van der Waals surface area (Å²) in [7, 11) is -0.178. The van der Waals surface area contributed by atoms with Crippen LogP contribution in [0.2, 0.25) is 0 Å². The van der Waals surface area contributed by atoms with Gasteiger partial charge in [-0.1, -0.05) is 6.07 Å². The lowest BCUT2D eigenvalue weighted by Crippen LogP contribution is -2.31. The van der Waals surface area contributed by atoms with Gasteiger partial charge in [0, 0.05) is 32.9 Å². The number of nitrogens with zero attached hydrogens (tertiary/aromatic N) is 2. The molecule has 0 aromatic carbocycles. The molecule has 6 nitrogen and oxygen atoms in total. The molecule has 7 heteroatoms. The van der Waals surface area contributed by atoms with Crippen LogP contribution in [0.1, 0.15) is 12.5 Å². The normalized spacial score (nSPS) is 12.0. The molecule has 0 aliphatic rings. The maximum absolute atomic E-state index is 12.2. The van der Waals surface area contributed by atoms with Crippen LogP contribution in [-0.4, -0.2) is 51.6 Å². The van der Waals surface area contributed by atoms with Crippen molar-refractivity contribution in [2.45, 2.75) is 18.5 Å². The van der Waals surface area contributed by atoms with Crippen molar-refractivity contribution in [3.05, 3.63) is 23.9 Å². The number of sulfonamides is 1. The fraction of sp³-hybridized carbons (Fsp3) is 0.583. The highest BCUT2D eigenvalue weighted by Crippen LogP contribution is 2.11. The summed E-state index contributed by atoms with van der Waals surface area (Å²) >= 11 is 0. The zero-order valence-electron chi connectivity index (χ0n) is 11.6. The Morgan fingerprint density at radius 3 is 2.68 bits per heavy atom. The topological polar surface area (TPSA) is 71.5 Å². The molecule has 0 aliphatic carbocycles. The van der Waals surface area contributed by atoms with Crippen molar-refractivity contribution in [2.24, 2.45) is 0 Å². The van der Waals surface area contributed by atoms with Gasteiger partial charge < -0.3 is 10.1 Å². The monoisotopic (exact) mass is 287 g/mol. The zero-order valence-corrected chi connectivity index (χ0v) is 12.4. The molecule has 108 valence electrons. The van der Waals surface area contributed by atoms with Crippen molar-refractivity contribution in [2.75, 3.05) is 33.9 Å². The molecule has 0 fully saturated rings. The van der Waals surface area contributed by atoms with E-state index in [1.54, 1.807) is 12.3 Å². The standard InChI is InChI=1S/C12H21N3O3S/c1-4-18-8-7-15(3)19(16,17)12-6-5-11(9-13-2)10-14-12/h5-6,10,13H,4,7-9H2,1-3H3. The quantitative estimate of drug-likeness (QED) is 0.703. The third-order valence-corrected chi connectivity index (χ3v) is 4.38. The number of aromatic nitrogens is 1. The van der Waals surface area contributed by atoms with Crippen LogP contribution in [0.5, 0.6) is 0 Å². The Kier molecular flexibility index (Phi) is 6.36. The minimum atomic E-state index is -3.53. The third-order valence-electron chi connectivity index (χ3n) is 2.61. The van der Waals surface area contributed by atoms with E-state index in [0.29, 0.717) is 26.3 Å². The van der Waals surface area contributed by atoms with Crippen LogP contribution < -0.4 is 5.32 Å². The minimum Gasteiger partial charge on any atom is -0.380 e. The number of hydrogen-bond donors (Lipinski definition) is 1. The first-order valence-electron chi connectivity index (χ1n) is 6.16. The van der Waals surface area contributed by atoms with Gasteiger partial charge in [-0.05, 0) is 25.6 Å². The molecule has 0 unspecified atom stereocenters. The first kappa shape index (κ1) is 16.0. The smallest absolute Gasteiger partial charge is 0.260 e. The Morgan fingerprint density at radius 1 is 1.42 bits per heavy atom. The van der Waals surface area contributed by atoms with Crippen molar-refractivity contribution in [3.8, 4) is 0 Å². The van der Waals surface area contributed by atoms with E-state index in [2.05, 4.69) is 10.3 Å². The maximum Gasteiger partial charge on any atom is 0.260 e. The van der Waals surface area contributed by atoms with E-state index in [9.17, 15) is 8.42 Å². The summed E-state index contributed by atoms with van der Waals surface area (Å²) in [6.07, 6.45) is 1.57. The van der Waals surface area contributed by atoms with Crippen LogP contribution in [-0.2, 0) is 21.3 Å². The Bertz CT molecular complexity index is 473. The number of hydrogen-bond acceptors (Lipinski definition) is 5. The molecule has 19 heavy (non-hydrogen) atoms. The summed E-state index contributed by atoms with van der Waals surface area (Å²) in [4.78, 5) is 4.01. The molecule has 0 radical (unpaired) electrons. The highest BCUT2D eigenvalue weighted by molar-refractivity contribution is 7.89. The molecule has 0 atom stereocenters. The first-order valence-corrected chi connectivity index (χ1v) is 7.60. The molecule has 1 aromatic rings. The van der Waals surface area contributed by atoms with E-state index in [4.69, 9.17) is 4.74 Å². The molecular weight excluding hydrogens is 266 g/mol. The molecule has 0 bridgehead atoms. The molecule has 0 saturated carbocycles. The van der Waals surface area contributed by atoms with Gasteiger partial charge >= 0.3 is 0 Å². The number of likely N-dealkylation sites (N-methyl/N-ethyl adjacent to an activating group) is 1. The van der Waals surface area contributed by atoms with Crippen molar-refractivity contribution in [3.63, 3.8) is 0 Å². The first-order chi connectivity index (χ1) is 9.02. The van der Waals surface area contributed by atoms with Crippen molar-refractivity contribution in [1.29, 1.82) is 0 Å². The summed E-state index contributed by atoms with van der Waals surface area (Å²) < 4.78 is 30.8. The van der Waals surface area contributed by atoms with Gasteiger partial charge in [-0.15, -0.1) is 0 Å². The molecule has 0 amide bonds. The molecular formula is C12H21N3O3S. The summed E-state index contributed by atoms with van der Waals surface area (Å²) in [6.45, 7) is 3.80. The molecule has 0 spiro atoms. The highest BCUT2D eigenvalue weighted by Gasteiger charge is 2.21. The number of pyridine rings is 1. The van der Waals surface area contributed by atoms with Gasteiger partial charge in [0.25, 0.3) is 10.0 Å². The van der Waals surface area contributed by atoms with Gasteiger partial charge in [-0.3, -0.25) is 0 Å². The van der Waals surface area contributed by atoms with Crippen LogP contribution in [0.25, 0.3) is 0 Å². The second-order valence-electron chi connectivity index (χ2n) is 4.06. The van der Waals surface area contributed by atoms with Gasteiger partial charge in [0.05, 0.1) is 6.61 Å². The van der Waals surface area contributed by atoms with Crippen LogP contribution in [0.4, 0.5) is 0 Å². The molecule has 1 rings (SSSR count). The Hall–Kier alpha value is -1.02. The van der Waals surface area contributed by atoms with E-state index >= 15 is 0 Å². The third kappa shape index (κ3) is 4.54.